The van der Waals surface area contributed by atoms with Gasteiger partial charge >= 0.3 is 6.18 Å². The zero-order chi connectivity index (χ0) is 26.3. The van der Waals surface area contributed by atoms with Crippen molar-refractivity contribution in [3.05, 3.63) is 63.8 Å². The third kappa shape index (κ3) is 4.76. The van der Waals surface area contributed by atoms with Gasteiger partial charge in [0.15, 0.2) is 17.0 Å². The van der Waals surface area contributed by atoms with Crippen LogP contribution < -0.4 is 15.8 Å². The van der Waals surface area contributed by atoms with Crippen LogP contribution in [0.2, 0.25) is 0 Å². The highest BCUT2D eigenvalue weighted by atomic mass is 32.1. The maximum atomic E-state index is 13.9. The maximum Gasteiger partial charge on any atom is 0.433 e. The number of anilines is 1. The van der Waals surface area contributed by atoms with Crippen molar-refractivity contribution in [2.24, 2.45) is 5.73 Å². The van der Waals surface area contributed by atoms with E-state index >= 15 is 0 Å². The summed E-state index contributed by atoms with van der Waals surface area (Å²) in [6.45, 7) is 0. The number of carbonyl (C=O) groups excluding carboxylic acids is 2. The largest absolute Gasteiger partial charge is 0.497 e. The Morgan fingerprint density at radius 3 is 2.51 bits per heavy atom. The number of primary amides is 1. The van der Waals surface area contributed by atoms with Crippen molar-refractivity contribution in [2.75, 3.05) is 12.4 Å². The van der Waals surface area contributed by atoms with E-state index in [9.17, 15) is 22.8 Å². The van der Waals surface area contributed by atoms with Crippen LogP contribution in [0.15, 0.2) is 36.4 Å². The molecule has 0 fully saturated rings. The number of rotatable bonds is 5. The average Bonchev–Trinajstić information content (AvgIpc) is 3.36. The van der Waals surface area contributed by atoms with Crippen LogP contribution in [0.5, 0.6) is 5.75 Å². The number of halogens is 3. The molecule has 5 rings (SSSR count). The van der Waals surface area contributed by atoms with Gasteiger partial charge in [0.2, 0.25) is 0 Å². The highest BCUT2D eigenvalue weighted by Crippen LogP contribution is 2.38. The molecule has 8 nitrogen and oxygen atoms in total. The van der Waals surface area contributed by atoms with Gasteiger partial charge in [-0.1, -0.05) is 6.42 Å². The predicted octanol–water partition coefficient (Wildman–Crippen LogP) is 5.11. The lowest BCUT2D eigenvalue weighted by atomic mass is 10.1. The molecule has 192 valence electrons. The maximum absolute atomic E-state index is 13.9. The minimum Gasteiger partial charge on any atom is -0.497 e. The van der Waals surface area contributed by atoms with Gasteiger partial charge in [0.25, 0.3) is 11.8 Å². The smallest absolute Gasteiger partial charge is 0.433 e. The molecule has 12 heteroatoms. The summed E-state index contributed by atoms with van der Waals surface area (Å²) in [6.07, 6.45) is -0.388. The van der Waals surface area contributed by atoms with Crippen LogP contribution in [0.1, 0.15) is 56.2 Å². The second kappa shape index (κ2) is 9.51. The van der Waals surface area contributed by atoms with Crippen LogP contribution in [0.25, 0.3) is 16.9 Å². The lowest BCUT2D eigenvalue weighted by Crippen LogP contribution is -2.18. The Morgan fingerprint density at radius 2 is 1.84 bits per heavy atom. The summed E-state index contributed by atoms with van der Waals surface area (Å²) in [6, 6.07) is 8.47. The third-order valence-electron chi connectivity index (χ3n) is 6.23. The molecule has 37 heavy (non-hydrogen) atoms. The van der Waals surface area contributed by atoms with Crippen LogP contribution in [-0.2, 0) is 19.0 Å². The average molecular weight is 530 g/mol. The molecule has 0 aliphatic heterocycles. The van der Waals surface area contributed by atoms with E-state index in [1.807, 2.05) is 0 Å². The Morgan fingerprint density at radius 1 is 1.11 bits per heavy atom. The van der Waals surface area contributed by atoms with Gasteiger partial charge in [-0.2, -0.15) is 18.3 Å². The number of fused-ring (bicyclic) bond motifs is 2. The summed E-state index contributed by atoms with van der Waals surface area (Å²) < 4.78 is 47.5. The van der Waals surface area contributed by atoms with E-state index in [2.05, 4.69) is 15.4 Å². The summed E-state index contributed by atoms with van der Waals surface area (Å²) >= 11 is 1.27. The van der Waals surface area contributed by atoms with E-state index in [0.29, 0.717) is 22.2 Å². The number of hydrogen-bond acceptors (Lipinski definition) is 6. The summed E-state index contributed by atoms with van der Waals surface area (Å²) in [5.41, 5.74) is 5.71. The Kier molecular flexibility index (Phi) is 6.36. The topological polar surface area (TPSA) is 112 Å². The van der Waals surface area contributed by atoms with Crippen molar-refractivity contribution < 1.29 is 27.5 Å². The van der Waals surface area contributed by atoms with Crippen LogP contribution >= 0.6 is 11.3 Å². The van der Waals surface area contributed by atoms with Crippen LogP contribution in [0.4, 0.5) is 18.2 Å². The monoisotopic (exact) mass is 529 g/mol. The summed E-state index contributed by atoms with van der Waals surface area (Å²) in [7, 11) is 1.49. The van der Waals surface area contributed by atoms with Crippen molar-refractivity contribution in [2.45, 2.75) is 38.3 Å². The molecule has 0 atom stereocenters. The number of thiophene rings is 1. The molecule has 0 saturated carbocycles. The molecule has 0 spiro atoms. The fourth-order valence-electron chi connectivity index (χ4n) is 4.46. The molecule has 3 heterocycles. The van der Waals surface area contributed by atoms with E-state index < -0.39 is 23.7 Å². The van der Waals surface area contributed by atoms with Crippen LogP contribution in [0.3, 0.4) is 0 Å². The first kappa shape index (κ1) is 24.8. The molecule has 0 radical (unpaired) electrons. The minimum atomic E-state index is -4.76. The molecule has 1 aliphatic carbocycles. The second-order valence-corrected chi connectivity index (χ2v) is 9.74. The van der Waals surface area contributed by atoms with Gasteiger partial charge in [-0.05, 0) is 61.6 Å². The predicted molar refractivity (Wildman–Crippen MR) is 132 cm³/mol. The fraction of sp³-hybridized carbons (Fsp3) is 0.280. The van der Waals surface area contributed by atoms with Gasteiger partial charge in [-0.15, -0.1) is 11.3 Å². The number of nitrogens with zero attached hydrogens (tertiary/aromatic N) is 3. The Bertz CT molecular complexity index is 1510. The van der Waals surface area contributed by atoms with Crippen LogP contribution in [-0.4, -0.2) is 33.5 Å². The molecule has 3 N–H and O–H groups in total. The van der Waals surface area contributed by atoms with Crippen molar-refractivity contribution in [1.82, 2.24) is 14.6 Å². The summed E-state index contributed by atoms with van der Waals surface area (Å²) in [5.74, 6) is -0.871. The molecule has 0 unspecified atom stereocenters. The first-order chi connectivity index (χ1) is 17.7. The molecular weight excluding hydrogens is 507 g/mol. The Labute approximate surface area is 213 Å². The van der Waals surface area contributed by atoms with E-state index in [0.717, 1.165) is 42.2 Å². The minimum absolute atomic E-state index is 0.0624. The number of hydrogen-bond donors (Lipinski definition) is 2. The number of carbonyl (C=O) groups is 2. The number of amides is 2. The van der Waals surface area contributed by atoms with E-state index in [-0.39, 0.29) is 27.6 Å². The summed E-state index contributed by atoms with van der Waals surface area (Å²) in [5, 5.41) is 6.83. The fourth-order valence-corrected chi connectivity index (χ4v) is 5.75. The third-order valence-corrected chi connectivity index (χ3v) is 7.44. The summed E-state index contributed by atoms with van der Waals surface area (Å²) in [4.78, 5) is 30.6. The van der Waals surface area contributed by atoms with Gasteiger partial charge in [-0.3, -0.25) is 9.59 Å². The highest BCUT2D eigenvalue weighted by molar-refractivity contribution is 7.17. The number of nitrogens with two attached hydrogens (primary N) is 1. The number of aryl methyl sites for hydroxylation is 1. The molecule has 4 aromatic rings. The number of aromatic nitrogens is 3. The number of benzene rings is 1. The standard InChI is InChI=1S/C25H22F3N5O3S/c1-36-14-9-7-13(8-10-14)16-11-19(25(26,27)28)33-20(30-16)12-17(32-33)23(35)31-24-21(22(29)34)15-5-3-2-4-6-18(15)37-24/h7-12H,2-6H2,1H3,(H2,29,34)(H,31,35). The van der Waals surface area contributed by atoms with E-state index in [4.69, 9.17) is 10.5 Å². The van der Waals surface area contributed by atoms with Gasteiger partial charge in [0.05, 0.1) is 18.4 Å². The highest BCUT2D eigenvalue weighted by Gasteiger charge is 2.36. The molecule has 1 aromatic carbocycles. The quantitative estimate of drug-likeness (QED) is 0.349. The number of ether oxygens (including phenoxy) is 1. The zero-order valence-electron chi connectivity index (χ0n) is 19.7. The number of alkyl halides is 3. The van der Waals surface area contributed by atoms with Crippen molar-refractivity contribution in [3.8, 4) is 17.0 Å². The lowest BCUT2D eigenvalue weighted by molar-refractivity contribution is -0.142. The molecular formula is C25H22F3N5O3S. The first-order valence-corrected chi connectivity index (χ1v) is 12.4. The van der Waals surface area contributed by atoms with E-state index in [1.165, 1.54) is 24.5 Å². The van der Waals surface area contributed by atoms with Gasteiger partial charge in [0.1, 0.15) is 10.8 Å². The normalized spacial score (nSPS) is 13.7. The SMILES string of the molecule is COc1ccc(-c2cc(C(F)(F)F)n3nc(C(=O)Nc4sc5c(c4C(N)=O)CCCCC5)cc3n2)cc1. The number of methoxy groups -OCH3 is 1. The van der Waals surface area contributed by atoms with Crippen molar-refractivity contribution in [1.29, 1.82) is 0 Å². The molecule has 0 bridgehead atoms. The van der Waals surface area contributed by atoms with Crippen LogP contribution in [0, 0.1) is 0 Å². The molecule has 2 amide bonds. The van der Waals surface area contributed by atoms with Crippen molar-refractivity contribution in [3.63, 3.8) is 0 Å². The van der Waals surface area contributed by atoms with Crippen molar-refractivity contribution >= 4 is 33.8 Å². The molecule has 1 aliphatic rings. The first-order valence-electron chi connectivity index (χ1n) is 11.5. The van der Waals surface area contributed by atoms with Gasteiger partial charge in [-0.25, -0.2) is 9.50 Å². The molecule has 0 saturated heterocycles. The van der Waals surface area contributed by atoms with Gasteiger partial charge < -0.3 is 15.8 Å². The van der Waals surface area contributed by atoms with E-state index in [1.54, 1.807) is 24.3 Å². The lowest BCUT2D eigenvalue weighted by Gasteiger charge is -2.11. The Balaban J connectivity index is 1.53. The second-order valence-electron chi connectivity index (χ2n) is 8.64. The zero-order valence-corrected chi connectivity index (χ0v) is 20.5. The molecule has 3 aromatic heterocycles. The number of nitrogens with one attached hydrogen (secondary N) is 1. The Hall–Kier alpha value is -3.93. The van der Waals surface area contributed by atoms with Gasteiger partial charge in [0, 0.05) is 16.5 Å².